The number of amides is 1. The Morgan fingerprint density at radius 3 is 2.59 bits per heavy atom. The number of aromatic nitrogens is 4. The van der Waals surface area contributed by atoms with Crippen LogP contribution in [0.2, 0.25) is 0 Å². The Kier molecular flexibility index (Phi) is 4.72. The molecule has 1 heterocycles. The Bertz CT molecular complexity index is 815. The van der Waals surface area contributed by atoms with Crippen LogP contribution in [-0.4, -0.2) is 40.3 Å². The van der Waals surface area contributed by atoms with Crippen molar-refractivity contribution < 1.29 is 14.3 Å². The van der Waals surface area contributed by atoms with Crippen molar-refractivity contribution >= 4 is 5.91 Å². The summed E-state index contributed by atoms with van der Waals surface area (Å²) in [7, 11) is 3.26. The van der Waals surface area contributed by atoms with Crippen LogP contribution < -0.4 is 14.8 Å². The van der Waals surface area contributed by atoms with Gasteiger partial charge in [-0.3, -0.25) is 4.79 Å². The number of rotatable bonds is 5. The van der Waals surface area contributed by atoms with E-state index in [2.05, 4.69) is 20.8 Å². The second-order valence-electron chi connectivity index (χ2n) is 7.32. The lowest BCUT2D eigenvalue weighted by Gasteiger charge is -2.36. The molecule has 8 nitrogen and oxygen atoms in total. The highest BCUT2D eigenvalue weighted by Gasteiger charge is 2.44. The van der Waals surface area contributed by atoms with E-state index in [1.54, 1.807) is 25.2 Å². The average Bonchev–Trinajstić information content (AvgIpc) is 3.38. The van der Waals surface area contributed by atoms with Crippen molar-refractivity contribution in [3.05, 3.63) is 29.6 Å². The SMILES string of the molecule is COc1cc2c(cc1OC)[C@H](NC(=O)C1(n3cnnn3)CCCCC1)CC2. The van der Waals surface area contributed by atoms with Gasteiger partial charge in [0.2, 0.25) is 5.91 Å². The van der Waals surface area contributed by atoms with E-state index in [9.17, 15) is 4.79 Å². The first kappa shape index (κ1) is 17.8. The molecular formula is C19H25N5O3. The predicted molar refractivity (Wildman–Crippen MR) is 97.6 cm³/mol. The standard InChI is InChI=1S/C19H25N5O3/c1-26-16-10-13-6-7-15(14(13)11-17(16)27-2)21-18(25)19(8-4-3-5-9-19)24-12-20-22-23-24/h10-12,15H,3-9H2,1-2H3,(H,21,25)/t15-/m1/s1. The van der Waals surface area contributed by atoms with Gasteiger partial charge in [-0.05, 0) is 59.4 Å². The summed E-state index contributed by atoms with van der Waals surface area (Å²) in [5.41, 5.74) is 1.60. The van der Waals surface area contributed by atoms with Gasteiger partial charge in [-0.15, -0.1) is 5.10 Å². The van der Waals surface area contributed by atoms with Crippen LogP contribution in [0.3, 0.4) is 0 Å². The Balaban J connectivity index is 1.61. The minimum absolute atomic E-state index is 0.00198. The number of ether oxygens (including phenoxy) is 2. The Labute approximate surface area is 158 Å². The molecule has 144 valence electrons. The van der Waals surface area contributed by atoms with E-state index in [0.717, 1.165) is 56.3 Å². The van der Waals surface area contributed by atoms with E-state index < -0.39 is 5.54 Å². The van der Waals surface area contributed by atoms with Crippen LogP contribution in [0, 0.1) is 0 Å². The maximum atomic E-state index is 13.4. The summed E-state index contributed by atoms with van der Waals surface area (Å²) in [5.74, 6) is 1.41. The number of carbonyl (C=O) groups excluding carboxylic acids is 1. The highest BCUT2D eigenvalue weighted by molar-refractivity contribution is 5.85. The molecular weight excluding hydrogens is 346 g/mol. The first-order valence-electron chi connectivity index (χ1n) is 9.47. The van der Waals surface area contributed by atoms with Crippen LogP contribution >= 0.6 is 0 Å². The number of hydrogen-bond acceptors (Lipinski definition) is 6. The van der Waals surface area contributed by atoms with Gasteiger partial charge in [0.05, 0.1) is 20.3 Å². The zero-order valence-corrected chi connectivity index (χ0v) is 15.8. The fourth-order valence-electron chi connectivity index (χ4n) is 4.43. The maximum Gasteiger partial charge on any atom is 0.248 e. The van der Waals surface area contributed by atoms with Crippen LogP contribution in [0.25, 0.3) is 0 Å². The highest BCUT2D eigenvalue weighted by Crippen LogP contribution is 2.41. The molecule has 1 amide bonds. The minimum atomic E-state index is -0.693. The van der Waals surface area contributed by atoms with Crippen LogP contribution in [0.5, 0.6) is 11.5 Å². The number of fused-ring (bicyclic) bond motifs is 1. The molecule has 4 rings (SSSR count). The number of tetrazole rings is 1. The lowest BCUT2D eigenvalue weighted by atomic mass is 9.80. The van der Waals surface area contributed by atoms with Crippen molar-refractivity contribution in [2.24, 2.45) is 0 Å². The molecule has 1 aromatic carbocycles. The first-order chi connectivity index (χ1) is 13.2. The smallest absolute Gasteiger partial charge is 0.248 e. The number of carbonyl (C=O) groups is 1. The number of benzene rings is 1. The van der Waals surface area contributed by atoms with Crippen LogP contribution in [0.15, 0.2) is 18.5 Å². The molecule has 0 radical (unpaired) electrons. The van der Waals surface area contributed by atoms with Crippen molar-refractivity contribution in [3.63, 3.8) is 0 Å². The molecule has 1 fully saturated rings. The fraction of sp³-hybridized carbons (Fsp3) is 0.579. The lowest BCUT2D eigenvalue weighted by Crippen LogP contribution is -2.51. The molecule has 1 aromatic heterocycles. The molecule has 0 spiro atoms. The van der Waals surface area contributed by atoms with Gasteiger partial charge >= 0.3 is 0 Å². The summed E-state index contributed by atoms with van der Waals surface area (Å²) in [4.78, 5) is 13.4. The van der Waals surface area contributed by atoms with Crippen molar-refractivity contribution in [1.82, 2.24) is 25.5 Å². The van der Waals surface area contributed by atoms with Crippen molar-refractivity contribution in [2.75, 3.05) is 14.2 Å². The number of methoxy groups -OCH3 is 2. The third-order valence-corrected chi connectivity index (χ3v) is 5.92. The third kappa shape index (κ3) is 3.02. The summed E-state index contributed by atoms with van der Waals surface area (Å²) in [6.07, 6.45) is 7.98. The molecule has 0 aliphatic heterocycles. The molecule has 0 saturated heterocycles. The van der Waals surface area contributed by atoms with Crippen molar-refractivity contribution in [2.45, 2.75) is 56.5 Å². The van der Waals surface area contributed by atoms with Crippen LogP contribution in [0.1, 0.15) is 55.7 Å². The minimum Gasteiger partial charge on any atom is -0.493 e. The summed E-state index contributed by atoms with van der Waals surface area (Å²) in [6, 6.07) is 3.96. The van der Waals surface area contributed by atoms with Crippen molar-refractivity contribution in [3.8, 4) is 11.5 Å². The quantitative estimate of drug-likeness (QED) is 0.866. The number of aryl methyl sites for hydroxylation is 1. The summed E-state index contributed by atoms with van der Waals surface area (Å²) < 4.78 is 12.5. The largest absolute Gasteiger partial charge is 0.493 e. The van der Waals surface area contributed by atoms with E-state index in [1.165, 1.54) is 5.56 Å². The highest BCUT2D eigenvalue weighted by atomic mass is 16.5. The predicted octanol–water partition coefficient (Wildman–Crippen LogP) is 2.15. The second-order valence-corrected chi connectivity index (χ2v) is 7.32. The second kappa shape index (κ2) is 7.17. The number of nitrogens with zero attached hydrogens (tertiary/aromatic N) is 4. The molecule has 0 unspecified atom stereocenters. The molecule has 1 N–H and O–H groups in total. The summed E-state index contributed by atoms with van der Waals surface area (Å²) in [6.45, 7) is 0. The molecule has 0 bridgehead atoms. The molecule has 2 aliphatic rings. The van der Waals surface area contributed by atoms with Gasteiger partial charge in [-0.25, -0.2) is 4.68 Å². The van der Waals surface area contributed by atoms with E-state index >= 15 is 0 Å². The van der Waals surface area contributed by atoms with Crippen LogP contribution in [0.4, 0.5) is 0 Å². The zero-order valence-electron chi connectivity index (χ0n) is 15.8. The topological polar surface area (TPSA) is 91.2 Å². The Hall–Kier alpha value is -2.64. The van der Waals surface area contributed by atoms with E-state index in [1.807, 2.05) is 12.1 Å². The van der Waals surface area contributed by atoms with Gasteiger partial charge in [-0.1, -0.05) is 19.3 Å². The maximum absolute atomic E-state index is 13.4. The van der Waals surface area contributed by atoms with Gasteiger partial charge < -0.3 is 14.8 Å². The molecule has 2 aliphatic carbocycles. The van der Waals surface area contributed by atoms with Gasteiger partial charge in [0.25, 0.3) is 0 Å². The molecule has 1 saturated carbocycles. The van der Waals surface area contributed by atoms with E-state index in [0.29, 0.717) is 5.75 Å². The first-order valence-corrected chi connectivity index (χ1v) is 9.47. The Morgan fingerprint density at radius 2 is 1.93 bits per heavy atom. The fourth-order valence-corrected chi connectivity index (χ4v) is 4.43. The zero-order chi connectivity index (χ0) is 18.9. The summed E-state index contributed by atoms with van der Waals surface area (Å²) >= 11 is 0. The molecule has 1 atom stereocenters. The van der Waals surface area contributed by atoms with Gasteiger partial charge in [0.15, 0.2) is 11.5 Å². The Morgan fingerprint density at radius 1 is 1.19 bits per heavy atom. The van der Waals surface area contributed by atoms with Crippen molar-refractivity contribution in [1.29, 1.82) is 0 Å². The number of hydrogen-bond donors (Lipinski definition) is 1. The number of nitrogens with one attached hydrogen (secondary N) is 1. The summed E-state index contributed by atoms with van der Waals surface area (Å²) in [5, 5.41) is 14.8. The monoisotopic (exact) mass is 371 g/mol. The van der Waals surface area contributed by atoms with Gasteiger partial charge in [-0.2, -0.15) is 0 Å². The van der Waals surface area contributed by atoms with Gasteiger partial charge in [0.1, 0.15) is 11.9 Å². The van der Waals surface area contributed by atoms with Gasteiger partial charge in [0, 0.05) is 0 Å². The van der Waals surface area contributed by atoms with E-state index in [-0.39, 0.29) is 11.9 Å². The van der Waals surface area contributed by atoms with Crippen LogP contribution in [-0.2, 0) is 16.8 Å². The molecule has 27 heavy (non-hydrogen) atoms. The molecule has 8 heteroatoms. The van der Waals surface area contributed by atoms with E-state index in [4.69, 9.17) is 9.47 Å². The molecule has 2 aromatic rings. The third-order valence-electron chi connectivity index (χ3n) is 5.92. The normalized spacial score (nSPS) is 20.7. The lowest BCUT2D eigenvalue weighted by molar-refractivity contribution is -0.133. The average molecular weight is 371 g/mol.